The summed E-state index contributed by atoms with van der Waals surface area (Å²) in [5.41, 5.74) is -0.194. The van der Waals surface area contributed by atoms with Crippen molar-refractivity contribution < 1.29 is 22.0 Å². The number of rotatable bonds is 7. The van der Waals surface area contributed by atoms with Crippen LogP contribution < -0.4 is 14.9 Å². The van der Waals surface area contributed by atoms with Crippen LogP contribution in [-0.2, 0) is 14.8 Å². The summed E-state index contributed by atoms with van der Waals surface area (Å²) in [5.74, 6) is -0.178. The molecule has 1 saturated heterocycles. The van der Waals surface area contributed by atoms with Crippen LogP contribution in [0.5, 0.6) is 0 Å². The molecule has 3 aromatic rings. The van der Waals surface area contributed by atoms with E-state index in [0.29, 0.717) is 66.7 Å². The van der Waals surface area contributed by atoms with Crippen molar-refractivity contribution >= 4 is 43.9 Å². The summed E-state index contributed by atoms with van der Waals surface area (Å²) in [6.45, 7) is 1.01. The lowest BCUT2D eigenvalue weighted by Crippen LogP contribution is -2.40. The van der Waals surface area contributed by atoms with E-state index in [-0.39, 0.29) is 21.9 Å². The Morgan fingerprint density at radius 3 is 2.58 bits per heavy atom. The molecule has 0 radical (unpaired) electrons. The van der Waals surface area contributed by atoms with Gasteiger partial charge in [-0.25, -0.2) is 21.9 Å². The molecule has 0 bridgehead atoms. The molecule has 1 amide bonds. The fourth-order valence-corrected chi connectivity index (χ4v) is 6.40. The van der Waals surface area contributed by atoms with E-state index in [0.717, 1.165) is 0 Å². The number of nitrogens with one attached hydrogen (secondary N) is 2. The normalized spacial score (nSPS) is 17.9. The molecule has 190 valence electrons. The molecule has 1 saturated carbocycles. The number of carbonyl (C=O) groups excluding carboxylic acids is 1. The molecule has 0 atom stereocenters. The molecule has 1 aromatic carbocycles. The van der Waals surface area contributed by atoms with Crippen molar-refractivity contribution in [3.8, 4) is 11.2 Å². The summed E-state index contributed by atoms with van der Waals surface area (Å²) in [5, 5.41) is 23.9. The number of aromatic nitrogens is 4. The van der Waals surface area contributed by atoms with E-state index in [2.05, 4.69) is 25.3 Å². The highest BCUT2D eigenvalue weighted by Gasteiger charge is 2.47. The zero-order valence-electron chi connectivity index (χ0n) is 19.1. The Kier molecular flexibility index (Phi) is 6.13. The fourth-order valence-electron chi connectivity index (χ4n) is 4.32. The number of anilines is 1. The lowest BCUT2D eigenvalue weighted by atomic mass is 9.95. The van der Waals surface area contributed by atoms with Crippen LogP contribution in [0.4, 0.5) is 14.5 Å². The molecule has 0 unspecified atom stereocenters. The summed E-state index contributed by atoms with van der Waals surface area (Å²) < 4.78 is 56.5. The number of hydrogen-bond donors (Lipinski definition) is 2. The van der Waals surface area contributed by atoms with E-state index in [1.54, 1.807) is 7.05 Å². The Labute approximate surface area is 209 Å². The summed E-state index contributed by atoms with van der Waals surface area (Å²) in [6.07, 6.45) is 0.733. The molecule has 36 heavy (non-hydrogen) atoms. The number of alkyl halides is 2. The molecular formula is C21H22F2N8O3S2. The number of fused-ring (bicyclic) bond motifs is 1. The monoisotopic (exact) mass is 536 g/mol. The fraction of sp³-hybridized carbons (Fsp3) is 0.476. The van der Waals surface area contributed by atoms with Crippen LogP contribution in [-0.4, -0.2) is 60.0 Å². The lowest BCUT2D eigenvalue weighted by molar-refractivity contribution is -0.125. The number of nitriles is 1. The minimum atomic E-state index is -4.09. The van der Waals surface area contributed by atoms with Crippen LogP contribution in [0.1, 0.15) is 37.1 Å². The third kappa shape index (κ3) is 4.40. The Balaban J connectivity index is 1.59. The van der Waals surface area contributed by atoms with Gasteiger partial charge in [-0.2, -0.15) is 15.1 Å². The van der Waals surface area contributed by atoms with Crippen molar-refractivity contribution in [3.63, 3.8) is 0 Å². The van der Waals surface area contributed by atoms with Gasteiger partial charge in [0.25, 0.3) is 6.43 Å². The van der Waals surface area contributed by atoms with E-state index in [1.807, 2.05) is 11.0 Å². The topological polar surface area (TPSA) is 146 Å². The standard InChI is InChI=1S/C21H22F2N8O3S2/c1-25-18(32)12-2-6-30(7-3-12)15-8-13(36(33,34)29-21(11-24)4-5-21)9-16-14(15)10-26-31(16)20-28-27-19(35-20)17(22)23/h8-10,12,17,29H,2-7H2,1H3,(H,25,32). The van der Waals surface area contributed by atoms with Crippen LogP contribution in [0, 0.1) is 17.2 Å². The quantitative estimate of drug-likeness (QED) is 0.467. The van der Waals surface area contributed by atoms with Gasteiger partial charge in [0.05, 0.1) is 22.7 Å². The number of benzene rings is 1. The van der Waals surface area contributed by atoms with Crippen LogP contribution in [0.3, 0.4) is 0 Å². The number of sulfonamides is 1. The predicted molar refractivity (Wildman–Crippen MR) is 126 cm³/mol. The number of carbonyl (C=O) groups is 1. The van der Waals surface area contributed by atoms with Crippen LogP contribution in [0.2, 0.25) is 0 Å². The molecule has 2 fully saturated rings. The van der Waals surface area contributed by atoms with Gasteiger partial charge in [-0.1, -0.05) is 11.3 Å². The first-order valence-corrected chi connectivity index (χ1v) is 13.5. The average molecular weight is 537 g/mol. The van der Waals surface area contributed by atoms with Gasteiger partial charge in [0.2, 0.25) is 21.1 Å². The number of piperidine rings is 1. The third-order valence-corrected chi connectivity index (χ3v) is 8.92. The molecule has 15 heteroatoms. The first-order valence-electron chi connectivity index (χ1n) is 11.2. The van der Waals surface area contributed by atoms with Gasteiger partial charge >= 0.3 is 0 Å². The molecule has 1 aliphatic heterocycles. The lowest BCUT2D eigenvalue weighted by Gasteiger charge is -2.33. The van der Waals surface area contributed by atoms with E-state index < -0.39 is 27.0 Å². The highest BCUT2D eigenvalue weighted by molar-refractivity contribution is 7.89. The zero-order valence-corrected chi connectivity index (χ0v) is 20.7. The Morgan fingerprint density at radius 1 is 1.28 bits per heavy atom. The minimum Gasteiger partial charge on any atom is -0.371 e. The number of nitrogens with zero attached hydrogens (tertiary/aromatic N) is 6. The van der Waals surface area contributed by atoms with Gasteiger partial charge in [0.1, 0.15) is 5.54 Å². The Hall–Kier alpha value is -3.22. The second-order valence-electron chi connectivity index (χ2n) is 8.83. The molecule has 2 N–H and O–H groups in total. The van der Waals surface area contributed by atoms with Crippen molar-refractivity contribution in [2.24, 2.45) is 5.92 Å². The molecule has 2 aliphatic rings. The maximum absolute atomic E-state index is 13.3. The van der Waals surface area contributed by atoms with E-state index in [4.69, 9.17) is 0 Å². The molecule has 0 spiro atoms. The second-order valence-corrected chi connectivity index (χ2v) is 11.5. The summed E-state index contributed by atoms with van der Waals surface area (Å²) in [6, 6.07) is 4.93. The highest BCUT2D eigenvalue weighted by atomic mass is 32.2. The first kappa shape index (κ1) is 24.5. The molecule has 11 nitrogen and oxygen atoms in total. The molecular weight excluding hydrogens is 514 g/mol. The average Bonchev–Trinajstić information content (AvgIpc) is 3.26. The first-order chi connectivity index (χ1) is 17.2. The second kappa shape index (κ2) is 9.02. The van der Waals surface area contributed by atoms with Crippen molar-refractivity contribution in [1.29, 1.82) is 5.26 Å². The van der Waals surface area contributed by atoms with Crippen LogP contribution >= 0.6 is 11.3 Å². The van der Waals surface area contributed by atoms with Gasteiger partial charge in [0.15, 0.2) is 5.01 Å². The number of hydrogen-bond acceptors (Lipinski definition) is 9. The third-order valence-electron chi connectivity index (χ3n) is 6.50. The van der Waals surface area contributed by atoms with Crippen molar-refractivity contribution in [2.45, 2.75) is 42.5 Å². The van der Waals surface area contributed by atoms with E-state index in [9.17, 15) is 27.3 Å². The van der Waals surface area contributed by atoms with Gasteiger partial charge < -0.3 is 10.2 Å². The van der Waals surface area contributed by atoms with Gasteiger partial charge in [-0.3, -0.25) is 4.79 Å². The largest absolute Gasteiger partial charge is 0.371 e. The highest BCUT2D eigenvalue weighted by Crippen LogP contribution is 2.38. The van der Waals surface area contributed by atoms with Gasteiger partial charge in [-0.15, -0.1) is 10.2 Å². The minimum absolute atomic E-state index is 0.0366. The summed E-state index contributed by atoms with van der Waals surface area (Å²) in [4.78, 5) is 14.0. The van der Waals surface area contributed by atoms with Gasteiger partial charge in [-0.05, 0) is 37.8 Å². The molecule has 3 heterocycles. The van der Waals surface area contributed by atoms with Crippen LogP contribution in [0.15, 0.2) is 23.2 Å². The molecule has 1 aliphatic carbocycles. The van der Waals surface area contributed by atoms with Crippen molar-refractivity contribution in [1.82, 2.24) is 30.0 Å². The maximum Gasteiger partial charge on any atom is 0.291 e. The SMILES string of the molecule is CNC(=O)C1CCN(c2cc(S(=O)(=O)NC3(C#N)CC3)cc3c2cnn3-c2nnc(C(F)F)s2)CC1. The summed E-state index contributed by atoms with van der Waals surface area (Å²) >= 11 is 0.660. The maximum atomic E-state index is 13.3. The van der Waals surface area contributed by atoms with Crippen LogP contribution in [0.25, 0.3) is 16.0 Å². The number of halogens is 2. The molecule has 2 aromatic heterocycles. The Bertz CT molecular complexity index is 1470. The Morgan fingerprint density at radius 2 is 2.00 bits per heavy atom. The van der Waals surface area contributed by atoms with Gasteiger partial charge in [0, 0.05) is 37.1 Å². The van der Waals surface area contributed by atoms with E-state index >= 15 is 0 Å². The molecule has 5 rings (SSSR count). The zero-order chi connectivity index (χ0) is 25.7. The smallest absolute Gasteiger partial charge is 0.291 e. The number of amides is 1. The van der Waals surface area contributed by atoms with Crippen molar-refractivity contribution in [2.75, 3.05) is 25.0 Å². The van der Waals surface area contributed by atoms with Crippen molar-refractivity contribution in [3.05, 3.63) is 23.3 Å². The predicted octanol–water partition coefficient (Wildman–Crippen LogP) is 2.11. The van der Waals surface area contributed by atoms with E-state index in [1.165, 1.54) is 23.0 Å². The summed E-state index contributed by atoms with van der Waals surface area (Å²) in [7, 11) is -2.50.